The van der Waals surface area contributed by atoms with E-state index in [1.54, 1.807) is 12.1 Å². The molecule has 0 nitrogen and oxygen atoms in total. The van der Waals surface area contributed by atoms with Gasteiger partial charge in [-0.25, -0.2) is 4.39 Å². The van der Waals surface area contributed by atoms with Gasteiger partial charge >= 0.3 is 0 Å². The number of halogens is 2. The van der Waals surface area contributed by atoms with Crippen LogP contribution in [-0.4, -0.2) is 17.9 Å². The summed E-state index contributed by atoms with van der Waals surface area (Å²) >= 11 is 7.74. The van der Waals surface area contributed by atoms with Crippen molar-refractivity contribution < 1.29 is 4.39 Å². The second-order valence-electron chi connectivity index (χ2n) is 3.54. The van der Waals surface area contributed by atoms with Gasteiger partial charge in [0.1, 0.15) is 5.82 Å². The smallest absolute Gasteiger partial charge is 0.123 e. The first-order valence-corrected chi connectivity index (χ1v) is 7.01. The van der Waals surface area contributed by atoms with Crippen LogP contribution in [0.5, 0.6) is 0 Å². The van der Waals surface area contributed by atoms with Gasteiger partial charge in [0.2, 0.25) is 0 Å². The minimum absolute atomic E-state index is 0.174. The van der Waals surface area contributed by atoms with Crippen LogP contribution in [0.15, 0.2) is 24.3 Å². The van der Waals surface area contributed by atoms with Crippen LogP contribution in [0.4, 0.5) is 4.39 Å². The molecule has 1 aromatic rings. The van der Waals surface area contributed by atoms with Crippen molar-refractivity contribution in [3.63, 3.8) is 0 Å². The molecule has 0 saturated heterocycles. The van der Waals surface area contributed by atoms with Gasteiger partial charge in [0.25, 0.3) is 0 Å². The molecule has 1 rings (SSSR count). The molecule has 3 heteroatoms. The van der Waals surface area contributed by atoms with Gasteiger partial charge in [0.15, 0.2) is 0 Å². The highest BCUT2D eigenvalue weighted by Crippen LogP contribution is 2.24. The minimum Gasteiger partial charge on any atom is -0.207 e. The first kappa shape index (κ1) is 12.9. The topological polar surface area (TPSA) is 0 Å². The summed E-state index contributed by atoms with van der Waals surface area (Å²) < 4.78 is 13.0. The standard InChI is InChI=1S/C12H16ClFS/c1-15-7-3-5-11(9-13)10-4-2-6-12(14)8-10/h2,4,6,8,11H,3,5,7,9H2,1H3. The Kier molecular flexibility index (Phi) is 6.11. The second-order valence-corrected chi connectivity index (χ2v) is 4.84. The molecule has 0 aliphatic carbocycles. The Hall–Kier alpha value is -0.210. The molecule has 0 saturated carbocycles. The fourth-order valence-electron chi connectivity index (χ4n) is 1.57. The molecule has 0 spiro atoms. The third-order valence-corrected chi connectivity index (χ3v) is 3.48. The largest absolute Gasteiger partial charge is 0.207 e. The van der Waals surface area contributed by atoms with Gasteiger partial charge in [0.05, 0.1) is 0 Å². The molecule has 0 aliphatic rings. The van der Waals surface area contributed by atoms with Crippen molar-refractivity contribution >= 4 is 23.4 Å². The Balaban J connectivity index is 2.57. The molecule has 1 unspecified atom stereocenters. The van der Waals surface area contributed by atoms with Crippen molar-refractivity contribution in [3.05, 3.63) is 35.6 Å². The van der Waals surface area contributed by atoms with E-state index in [0.717, 1.165) is 24.2 Å². The number of alkyl halides is 1. The Labute approximate surface area is 100 Å². The number of hydrogen-bond acceptors (Lipinski definition) is 1. The molecule has 0 amide bonds. The number of hydrogen-bond donors (Lipinski definition) is 0. The molecule has 0 bridgehead atoms. The Morgan fingerprint density at radius 3 is 2.87 bits per heavy atom. The normalized spacial score (nSPS) is 12.7. The molecule has 15 heavy (non-hydrogen) atoms. The van der Waals surface area contributed by atoms with E-state index < -0.39 is 0 Å². The summed E-state index contributed by atoms with van der Waals surface area (Å²) in [5.41, 5.74) is 1.02. The Bertz CT molecular complexity index is 291. The third kappa shape index (κ3) is 4.43. The predicted octanol–water partition coefficient (Wildman–Crippen LogP) is 4.29. The van der Waals surface area contributed by atoms with E-state index in [-0.39, 0.29) is 11.7 Å². The summed E-state index contributed by atoms with van der Waals surface area (Å²) in [4.78, 5) is 0. The van der Waals surface area contributed by atoms with Crippen LogP contribution in [0.3, 0.4) is 0 Å². The van der Waals surface area contributed by atoms with Gasteiger partial charge in [-0.05, 0) is 48.5 Å². The molecule has 0 heterocycles. The molecular formula is C12H16ClFS. The van der Waals surface area contributed by atoms with Crippen molar-refractivity contribution in [3.8, 4) is 0 Å². The van der Waals surface area contributed by atoms with E-state index in [0.29, 0.717) is 5.88 Å². The predicted molar refractivity (Wildman–Crippen MR) is 67.5 cm³/mol. The summed E-state index contributed by atoms with van der Waals surface area (Å²) in [6.45, 7) is 0. The van der Waals surface area contributed by atoms with E-state index in [4.69, 9.17) is 11.6 Å². The van der Waals surface area contributed by atoms with Crippen LogP contribution in [0.2, 0.25) is 0 Å². The maximum Gasteiger partial charge on any atom is 0.123 e. The SMILES string of the molecule is CSCCCC(CCl)c1cccc(F)c1. The summed E-state index contributed by atoms with van der Waals surface area (Å²) in [6, 6.07) is 6.76. The number of rotatable bonds is 6. The first-order valence-electron chi connectivity index (χ1n) is 5.08. The van der Waals surface area contributed by atoms with Crippen LogP contribution < -0.4 is 0 Å². The maximum absolute atomic E-state index is 13.0. The monoisotopic (exact) mass is 246 g/mol. The van der Waals surface area contributed by atoms with Gasteiger partial charge in [-0.2, -0.15) is 11.8 Å². The first-order chi connectivity index (χ1) is 7.27. The van der Waals surface area contributed by atoms with Gasteiger partial charge < -0.3 is 0 Å². The van der Waals surface area contributed by atoms with Crippen molar-refractivity contribution in [2.45, 2.75) is 18.8 Å². The lowest BCUT2D eigenvalue weighted by atomic mass is 9.96. The van der Waals surface area contributed by atoms with Gasteiger partial charge in [-0.3, -0.25) is 0 Å². The fourth-order valence-corrected chi connectivity index (χ4v) is 2.36. The highest BCUT2D eigenvalue weighted by atomic mass is 35.5. The van der Waals surface area contributed by atoms with Crippen LogP contribution in [0, 0.1) is 5.82 Å². The lowest BCUT2D eigenvalue weighted by Crippen LogP contribution is -2.01. The zero-order valence-corrected chi connectivity index (χ0v) is 10.5. The lowest BCUT2D eigenvalue weighted by Gasteiger charge is -2.13. The van der Waals surface area contributed by atoms with E-state index in [1.807, 2.05) is 17.8 Å². The molecule has 0 radical (unpaired) electrons. The number of thioether (sulfide) groups is 1. The van der Waals surface area contributed by atoms with Crippen molar-refractivity contribution in [1.82, 2.24) is 0 Å². The van der Waals surface area contributed by atoms with Gasteiger partial charge in [0, 0.05) is 5.88 Å². The summed E-state index contributed by atoms with van der Waals surface area (Å²) in [7, 11) is 0. The van der Waals surface area contributed by atoms with E-state index >= 15 is 0 Å². The van der Waals surface area contributed by atoms with Gasteiger partial charge in [-0.1, -0.05) is 12.1 Å². The van der Waals surface area contributed by atoms with Crippen molar-refractivity contribution in [1.29, 1.82) is 0 Å². The van der Waals surface area contributed by atoms with Crippen molar-refractivity contribution in [2.75, 3.05) is 17.9 Å². The van der Waals surface area contributed by atoms with E-state index in [1.165, 1.54) is 6.07 Å². The number of benzene rings is 1. The quantitative estimate of drug-likeness (QED) is 0.533. The van der Waals surface area contributed by atoms with Crippen molar-refractivity contribution in [2.24, 2.45) is 0 Å². The minimum atomic E-state index is -0.174. The molecule has 0 aromatic heterocycles. The highest BCUT2D eigenvalue weighted by Gasteiger charge is 2.10. The molecule has 1 aromatic carbocycles. The molecule has 0 N–H and O–H groups in total. The molecular weight excluding hydrogens is 231 g/mol. The molecule has 0 aliphatic heterocycles. The van der Waals surface area contributed by atoms with Crippen LogP contribution in [0.25, 0.3) is 0 Å². The van der Waals surface area contributed by atoms with Crippen LogP contribution in [0.1, 0.15) is 24.3 Å². The molecule has 1 atom stereocenters. The molecule has 84 valence electrons. The highest BCUT2D eigenvalue weighted by molar-refractivity contribution is 7.98. The zero-order chi connectivity index (χ0) is 11.1. The third-order valence-electron chi connectivity index (χ3n) is 2.41. The maximum atomic E-state index is 13.0. The lowest BCUT2D eigenvalue weighted by molar-refractivity contribution is 0.615. The second kappa shape index (κ2) is 7.13. The van der Waals surface area contributed by atoms with E-state index in [2.05, 4.69) is 6.26 Å². The summed E-state index contributed by atoms with van der Waals surface area (Å²) in [5, 5.41) is 0. The summed E-state index contributed by atoms with van der Waals surface area (Å²) in [5.74, 6) is 1.82. The fraction of sp³-hybridized carbons (Fsp3) is 0.500. The summed E-state index contributed by atoms with van der Waals surface area (Å²) in [6.07, 6.45) is 4.26. The van der Waals surface area contributed by atoms with Crippen LogP contribution in [-0.2, 0) is 0 Å². The van der Waals surface area contributed by atoms with Gasteiger partial charge in [-0.15, -0.1) is 11.6 Å². The average Bonchev–Trinajstić information content (AvgIpc) is 2.24. The zero-order valence-electron chi connectivity index (χ0n) is 8.88. The van der Waals surface area contributed by atoms with E-state index in [9.17, 15) is 4.39 Å². The Morgan fingerprint density at radius 1 is 1.47 bits per heavy atom. The molecule has 0 fully saturated rings. The Morgan fingerprint density at radius 2 is 2.27 bits per heavy atom. The average molecular weight is 247 g/mol. The van der Waals surface area contributed by atoms with Crippen LogP contribution >= 0.6 is 23.4 Å².